The molecule has 0 spiro atoms. The molecule has 0 aromatic heterocycles. The van der Waals surface area contributed by atoms with Gasteiger partial charge in [0, 0.05) is 10.6 Å². The van der Waals surface area contributed by atoms with Crippen LogP contribution in [0.2, 0.25) is 5.02 Å². The number of para-hydroxylation sites is 1. The zero-order valence-corrected chi connectivity index (χ0v) is 16.7. The minimum Gasteiger partial charge on any atom is -0.468 e. The van der Waals surface area contributed by atoms with E-state index in [2.05, 4.69) is 4.74 Å². The van der Waals surface area contributed by atoms with Crippen LogP contribution in [0.1, 0.15) is 15.9 Å². The first-order valence-corrected chi connectivity index (χ1v) is 9.47. The number of carbonyl (C=O) groups excluding carboxylic acids is 4. The standard InChI is InChI=1S/C20H14ClNO6S/c1-27-17(23)11-22-18(24)16(29-20(22)26)10-13-4-2-3-5-15(13)28-19(25)12-6-8-14(21)9-7-12/h2-10H,11H2,1H3/b16-10-. The fourth-order valence-corrected chi connectivity index (χ4v) is 3.36. The number of halogens is 1. The number of imide groups is 1. The summed E-state index contributed by atoms with van der Waals surface area (Å²) in [6.07, 6.45) is 1.44. The van der Waals surface area contributed by atoms with Crippen LogP contribution in [0.15, 0.2) is 53.4 Å². The van der Waals surface area contributed by atoms with E-state index in [1.807, 2.05) is 0 Å². The third-order valence-corrected chi connectivity index (χ3v) is 5.04. The molecule has 0 atom stereocenters. The summed E-state index contributed by atoms with van der Waals surface area (Å²) in [4.78, 5) is 49.1. The van der Waals surface area contributed by atoms with Gasteiger partial charge in [-0.1, -0.05) is 29.8 Å². The van der Waals surface area contributed by atoms with E-state index in [1.165, 1.54) is 25.3 Å². The van der Waals surface area contributed by atoms with E-state index in [0.717, 1.165) is 4.90 Å². The van der Waals surface area contributed by atoms with E-state index in [0.29, 0.717) is 27.9 Å². The summed E-state index contributed by atoms with van der Waals surface area (Å²) in [6.45, 7) is -0.467. The average molecular weight is 432 g/mol. The Labute approximate surface area is 175 Å². The molecule has 0 radical (unpaired) electrons. The topological polar surface area (TPSA) is 90.0 Å². The molecular formula is C20H14ClNO6S. The molecule has 0 unspecified atom stereocenters. The van der Waals surface area contributed by atoms with Crippen LogP contribution in [0.3, 0.4) is 0 Å². The molecule has 3 rings (SSSR count). The van der Waals surface area contributed by atoms with Gasteiger partial charge < -0.3 is 9.47 Å². The number of amides is 2. The Morgan fingerprint density at radius 3 is 2.48 bits per heavy atom. The van der Waals surface area contributed by atoms with Gasteiger partial charge in [-0.2, -0.15) is 0 Å². The summed E-state index contributed by atoms with van der Waals surface area (Å²) in [5.41, 5.74) is 0.737. The smallest absolute Gasteiger partial charge is 0.343 e. The highest BCUT2D eigenvalue weighted by atomic mass is 35.5. The van der Waals surface area contributed by atoms with Crippen LogP contribution in [0.5, 0.6) is 5.75 Å². The summed E-state index contributed by atoms with van der Waals surface area (Å²) in [6, 6.07) is 12.8. The first-order valence-electron chi connectivity index (χ1n) is 8.28. The number of methoxy groups -OCH3 is 1. The number of carbonyl (C=O) groups is 4. The van der Waals surface area contributed by atoms with Crippen LogP contribution >= 0.6 is 23.4 Å². The van der Waals surface area contributed by atoms with Gasteiger partial charge in [0.2, 0.25) is 0 Å². The SMILES string of the molecule is COC(=O)CN1C(=O)S/C(=C\c2ccccc2OC(=O)c2ccc(Cl)cc2)C1=O. The number of nitrogens with zero attached hydrogens (tertiary/aromatic N) is 1. The van der Waals surface area contributed by atoms with Crippen LogP contribution < -0.4 is 4.74 Å². The van der Waals surface area contributed by atoms with Crippen molar-refractivity contribution in [2.45, 2.75) is 0 Å². The molecule has 1 saturated heterocycles. The lowest BCUT2D eigenvalue weighted by atomic mass is 10.1. The first-order chi connectivity index (χ1) is 13.9. The predicted octanol–water partition coefficient (Wildman–Crippen LogP) is 3.77. The van der Waals surface area contributed by atoms with Crippen molar-refractivity contribution < 1.29 is 28.7 Å². The van der Waals surface area contributed by atoms with Crippen molar-refractivity contribution in [1.82, 2.24) is 4.90 Å². The molecule has 148 valence electrons. The van der Waals surface area contributed by atoms with Gasteiger partial charge in [-0.25, -0.2) is 4.79 Å². The van der Waals surface area contributed by atoms with Crippen molar-refractivity contribution in [3.63, 3.8) is 0 Å². The number of rotatable bonds is 5. The summed E-state index contributed by atoms with van der Waals surface area (Å²) in [7, 11) is 1.17. The Hall–Kier alpha value is -3.10. The van der Waals surface area contributed by atoms with Gasteiger partial charge in [0.05, 0.1) is 17.6 Å². The van der Waals surface area contributed by atoms with Crippen LogP contribution in [-0.4, -0.2) is 41.6 Å². The molecule has 1 heterocycles. The monoisotopic (exact) mass is 431 g/mol. The fourth-order valence-electron chi connectivity index (χ4n) is 2.41. The number of hydrogen-bond donors (Lipinski definition) is 0. The normalized spacial score (nSPS) is 15.0. The van der Waals surface area contributed by atoms with Crippen molar-refractivity contribution >= 4 is 52.5 Å². The molecular weight excluding hydrogens is 418 g/mol. The lowest BCUT2D eigenvalue weighted by Gasteiger charge is -2.10. The minimum absolute atomic E-state index is 0.105. The molecule has 7 nitrogen and oxygen atoms in total. The van der Waals surface area contributed by atoms with Gasteiger partial charge in [0.1, 0.15) is 12.3 Å². The van der Waals surface area contributed by atoms with Gasteiger partial charge in [-0.05, 0) is 48.2 Å². The highest BCUT2D eigenvalue weighted by molar-refractivity contribution is 8.18. The first kappa shape index (κ1) is 20.6. The quantitative estimate of drug-likeness (QED) is 0.404. The third-order valence-electron chi connectivity index (χ3n) is 3.88. The second-order valence-electron chi connectivity index (χ2n) is 5.78. The fraction of sp³-hybridized carbons (Fsp3) is 0.100. The van der Waals surface area contributed by atoms with Crippen molar-refractivity contribution in [2.24, 2.45) is 0 Å². The number of esters is 2. The molecule has 0 N–H and O–H groups in total. The zero-order valence-electron chi connectivity index (χ0n) is 15.1. The Morgan fingerprint density at radius 1 is 1.10 bits per heavy atom. The molecule has 2 aromatic carbocycles. The van der Waals surface area contributed by atoms with Crippen LogP contribution in [-0.2, 0) is 14.3 Å². The third kappa shape index (κ3) is 4.85. The van der Waals surface area contributed by atoms with Crippen molar-refractivity contribution in [1.29, 1.82) is 0 Å². The largest absolute Gasteiger partial charge is 0.468 e. The maximum atomic E-state index is 12.4. The predicted molar refractivity (Wildman–Crippen MR) is 108 cm³/mol. The zero-order chi connectivity index (χ0) is 21.0. The number of thioether (sulfide) groups is 1. The van der Waals surface area contributed by atoms with E-state index < -0.39 is 29.6 Å². The number of benzene rings is 2. The van der Waals surface area contributed by atoms with Crippen molar-refractivity contribution in [3.8, 4) is 5.75 Å². The van der Waals surface area contributed by atoms with Crippen molar-refractivity contribution in [3.05, 3.63) is 69.6 Å². The Kier molecular flexibility index (Phi) is 6.36. The van der Waals surface area contributed by atoms with E-state index in [1.54, 1.807) is 36.4 Å². The van der Waals surface area contributed by atoms with Gasteiger partial charge in [-0.3, -0.25) is 19.3 Å². The molecule has 1 fully saturated rings. The van der Waals surface area contributed by atoms with E-state index >= 15 is 0 Å². The summed E-state index contributed by atoms with van der Waals surface area (Å²) in [5, 5.41) is -0.0908. The molecule has 0 saturated carbocycles. The lowest BCUT2D eigenvalue weighted by molar-refractivity contribution is -0.143. The summed E-state index contributed by atoms with van der Waals surface area (Å²) < 4.78 is 9.93. The molecule has 2 aromatic rings. The second-order valence-corrected chi connectivity index (χ2v) is 7.21. The number of ether oxygens (including phenoxy) is 2. The van der Waals surface area contributed by atoms with Crippen molar-refractivity contribution in [2.75, 3.05) is 13.7 Å². The maximum Gasteiger partial charge on any atom is 0.343 e. The van der Waals surface area contributed by atoms with E-state index in [4.69, 9.17) is 16.3 Å². The van der Waals surface area contributed by atoms with Gasteiger partial charge in [0.15, 0.2) is 0 Å². The Morgan fingerprint density at radius 2 is 1.79 bits per heavy atom. The van der Waals surface area contributed by atoms with Crippen LogP contribution in [0.4, 0.5) is 4.79 Å². The maximum absolute atomic E-state index is 12.4. The molecule has 2 amide bonds. The summed E-state index contributed by atoms with van der Waals surface area (Å²) in [5.74, 6) is -1.70. The highest BCUT2D eigenvalue weighted by Crippen LogP contribution is 2.34. The molecule has 0 aliphatic carbocycles. The van der Waals surface area contributed by atoms with Gasteiger partial charge in [0.25, 0.3) is 11.1 Å². The second kappa shape index (κ2) is 8.93. The van der Waals surface area contributed by atoms with E-state index in [-0.39, 0.29) is 10.7 Å². The molecule has 1 aliphatic rings. The molecule has 0 bridgehead atoms. The molecule has 1 aliphatic heterocycles. The molecule has 9 heteroatoms. The van der Waals surface area contributed by atoms with Crippen LogP contribution in [0, 0.1) is 0 Å². The lowest BCUT2D eigenvalue weighted by Crippen LogP contribution is -2.34. The Bertz CT molecular complexity index is 1020. The average Bonchev–Trinajstić information content (AvgIpc) is 2.97. The highest BCUT2D eigenvalue weighted by Gasteiger charge is 2.36. The summed E-state index contributed by atoms with van der Waals surface area (Å²) >= 11 is 6.51. The minimum atomic E-state index is -0.703. The Balaban J connectivity index is 1.83. The van der Waals surface area contributed by atoms with Crippen LogP contribution in [0.25, 0.3) is 6.08 Å². The van der Waals surface area contributed by atoms with Gasteiger partial charge in [-0.15, -0.1) is 0 Å². The van der Waals surface area contributed by atoms with Gasteiger partial charge >= 0.3 is 11.9 Å². The molecule has 29 heavy (non-hydrogen) atoms. The van der Waals surface area contributed by atoms with E-state index in [9.17, 15) is 19.2 Å². The number of hydrogen-bond acceptors (Lipinski definition) is 7.